The van der Waals surface area contributed by atoms with Gasteiger partial charge in [0.25, 0.3) is 0 Å². The second-order valence-electron chi connectivity index (χ2n) is 11.0. The molecule has 1 aliphatic rings. The Bertz CT molecular complexity index is 1210. The van der Waals surface area contributed by atoms with Crippen molar-refractivity contribution in [3.05, 3.63) is 120 Å². The van der Waals surface area contributed by atoms with Gasteiger partial charge >= 0.3 is 214 Å². The van der Waals surface area contributed by atoms with Crippen LogP contribution >= 0.6 is 20.8 Å². The van der Waals surface area contributed by atoms with E-state index < -0.39 is 5.31 Å². The van der Waals surface area contributed by atoms with E-state index in [0.29, 0.717) is 0 Å². The van der Waals surface area contributed by atoms with Crippen molar-refractivity contribution in [2.75, 3.05) is 0 Å². The van der Waals surface area contributed by atoms with Gasteiger partial charge in [-0.1, -0.05) is 0 Å². The summed E-state index contributed by atoms with van der Waals surface area (Å²) in [6.07, 6.45) is 2.43. The van der Waals surface area contributed by atoms with Crippen molar-refractivity contribution in [2.45, 2.75) is 51.4 Å². The zero-order chi connectivity index (χ0) is 24.1. The predicted octanol–water partition coefficient (Wildman–Crippen LogP) is 7.50. The first-order valence-corrected chi connectivity index (χ1v) is 16.5. The van der Waals surface area contributed by atoms with E-state index in [1.165, 1.54) is 45.2 Å². The Morgan fingerprint density at radius 2 is 0.882 bits per heavy atom. The van der Waals surface area contributed by atoms with Crippen LogP contribution in [0.5, 0.6) is 0 Å². The third-order valence-corrected chi connectivity index (χ3v) is 18.0. The summed E-state index contributed by atoms with van der Waals surface area (Å²) in [4.78, 5) is 0. The molecular formula is C32H34BrP. The van der Waals surface area contributed by atoms with Gasteiger partial charge < -0.3 is 0 Å². The molecule has 34 heavy (non-hydrogen) atoms. The third-order valence-electron chi connectivity index (χ3n) is 8.04. The Balaban J connectivity index is 1.96. The number of halogens is 1. The summed E-state index contributed by atoms with van der Waals surface area (Å²) in [5.74, 6) is 0. The van der Waals surface area contributed by atoms with Crippen LogP contribution in [0.25, 0.3) is 0 Å². The number of fused-ring (bicyclic) bond motifs is 1. The molecule has 0 aromatic heterocycles. The first kappa shape index (κ1) is 23.5. The van der Waals surface area contributed by atoms with E-state index in [1.807, 2.05) is 0 Å². The fraction of sp³-hybridized carbons (Fsp3) is 0.250. The van der Waals surface area contributed by atoms with Gasteiger partial charge in [0.15, 0.2) is 0 Å². The van der Waals surface area contributed by atoms with Gasteiger partial charge in [-0.25, -0.2) is 0 Å². The van der Waals surface area contributed by atoms with Crippen LogP contribution in [-0.4, -0.2) is 0 Å². The molecule has 2 heteroatoms. The van der Waals surface area contributed by atoms with Crippen LogP contribution in [0.3, 0.4) is 0 Å². The molecule has 0 unspecified atom stereocenters. The van der Waals surface area contributed by atoms with Gasteiger partial charge in [-0.05, 0) is 0 Å². The van der Waals surface area contributed by atoms with E-state index in [4.69, 9.17) is 0 Å². The van der Waals surface area contributed by atoms with Crippen molar-refractivity contribution < 1.29 is 0 Å². The second-order valence-corrected chi connectivity index (χ2v) is 19.4. The van der Waals surface area contributed by atoms with Crippen molar-refractivity contribution >= 4 is 42.0 Å². The molecule has 0 spiro atoms. The summed E-state index contributed by atoms with van der Waals surface area (Å²) in [6, 6.07) is 40.7. The molecule has 0 fully saturated rings. The Morgan fingerprint density at radius 1 is 0.500 bits per heavy atom. The fourth-order valence-corrected chi connectivity index (χ4v) is 13.4. The molecule has 0 atom stereocenters. The Kier molecular flexibility index (Phi) is 5.66. The van der Waals surface area contributed by atoms with Crippen LogP contribution in [0, 0.1) is 0 Å². The third kappa shape index (κ3) is 3.35. The number of hydrogen-bond donors (Lipinski definition) is 0. The molecule has 0 amide bonds. The summed E-state index contributed by atoms with van der Waals surface area (Å²) in [5.41, 5.74) is 3.34. The minimum atomic E-state index is -3.18. The Labute approximate surface area is 213 Å². The molecule has 0 N–H and O–H groups in total. The topological polar surface area (TPSA) is 0 Å². The van der Waals surface area contributed by atoms with Crippen LogP contribution < -0.4 is 21.2 Å². The second kappa shape index (κ2) is 8.18. The zero-order valence-electron chi connectivity index (χ0n) is 20.6. The van der Waals surface area contributed by atoms with Gasteiger partial charge in [-0.2, -0.15) is 0 Å². The standard InChI is InChI=1S/C32H34BrP/c1-31(2)22-23-32(3,4)30-24-28(20-21-29(30)31)34(33,25-14-8-5-9-15-25,26-16-10-6-11-17-26)27-18-12-7-13-19-27/h5-21,24H,22-23H2,1-4H3. The van der Waals surface area contributed by atoms with Gasteiger partial charge in [-0.15, -0.1) is 0 Å². The fourth-order valence-electron chi connectivity index (χ4n) is 5.86. The van der Waals surface area contributed by atoms with Gasteiger partial charge in [-0.3, -0.25) is 0 Å². The molecule has 0 bridgehead atoms. The summed E-state index contributed by atoms with van der Waals surface area (Å²) in [7, 11) is 0. The van der Waals surface area contributed by atoms with Gasteiger partial charge in [0, 0.05) is 0 Å². The van der Waals surface area contributed by atoms with Crippen LogP contribution in [0.1, 0.15) is 51.7 Å². The van der Waals surface area contributed by atoms with Crippen LogP contribution in [-0.2, 0) is 10.8 Å². The van der Waals surface area contributed by atoms with Crippen molar-refractivity contribution in [2.24, 2.45) is 0 Å². The minimum absolute atomic E-state index is 0.146. The molecule has 1 aliphatic carbocycles. The Hall–Kier alpha value is -2.21. The summed E-state index contributed by atoms with van der Waals surface area (Å²) < 4.78 is 0. The molecule has 5 rings (SSSR count). The van der Waals surface area contributed by atoms with Gasteiger partial charge in [0.1, 0.15) is 0 Å². The average molecular weight is 530 g/mol. The van der Waals surface area contributed by atoms with Crippen molar-refractivity contribution in [1.29, 1.82) is 0 Å². The summed E-state index contributed by atoms with van der Waals surface area (Å²) >= 11 is 4.65. The van der Waals surface area contributed by atoms with Crippen molar-refractivity contribution in [1.82, 2.24) is 0 Å². The Morgan fingerprint density at radius 3 is 1.29 bits per heavy atom. The zero-order valence-corrected chi connectivity index (χ0v) is 23.1. The first-order valence-electron chi connectivity index (χ1n) is 12.2. The maximum absolute atomic E-state index is 4.65. The van der Waals surface area contributed by atoms with E-state index in [9.17, 15) is 0 Å². The number of hydrogen-bond acceptors (Lipinski definition) is 0. The number of benzene rings is 4. The molecule has 0 saturated heterocycles. The van der Waals surface area contributed by atoms with Crippen LogP contribution in [0.2, 0.25) is 0 Å². The molecular weight excluding hydrogens is 495 g/mol. The van der Waals surface area contributed by atoms with Gasteiger partial charge in [0.2, 0.25) is 0 Å². The molecule has 4 aromatic rings. The summed E-state index contributed by atoms with van der Waals surface area (Å²) in [6.45, 7) is 9.64. The molecule has 0 radical (unpaired) electrons. The molecule has 0 nitrogen and oxygen atoms in total. The molecule has 174 valence electrons. The molecule has 0 aliphatic heterocycles. The van der Waals surface area contributed by atoms with Gasteiger partial charge in [0.05, 0.1) is 0 Å². The summed E-state index contributed by atoms with van der Waals surface area (Å²) in [5, 5.41) is 2.19. The average Bonchev–Trinajstić information content (AvgIpc) is 2.88. The monoisotopic (exact) mass is 528 g/mol. The van der Waals surface area contributed by atoms with E-state index in [2.05, 4.69) is 152 Å². The van der Waals surface area contributed by atoms with E-state index in [1.54, 1.807) is 0 Å². The molecule has 4 aromatic carbocycles. The first-order chi connectivity index (χ1) is 16.2. The normalized spacial score (nSPS) is 17.9. The van der Waals surface area contributed by atoms with Crippen LogP contribution in [0.15, 0.2) is 109 Å². The van der Waals surface area contributed by atoms with E-state index >= 15 is 0 Å². The van der Waals surface area contributed by atoms with Crippen molar-refractivity contribution in [3.63, 3.8) is 0 Å². The molecule has 0 heterocycles. The van der Waals surface area contributed by atoms with E-state index in [0.717, 1.165) is 0 Å². The maximum atomic E-state index is 4.65. The van der Waals surface area contributed by atoms with Crippen LogP contribution in [0.4, 0.5) is 0 Å². The predicted molar refractivity (Wildman–Crippen MR) is 155 cm³/mol. The van der Waals surface area contributed by atoms with Crippen molar-refractivity contribution in [3.8, 4) is 0 Å². The quantitative estimate of drug-likeness (QED) is 0.240. The van der Waals surface area contributed by atoms with E-state index in [-0.39, 0.29) is 10.8 Å². The number of rotatable bonds is 4. The SMILES string of the molecule is CC1(C)CCC(C)(C)c2cc(P(Br)(c3ccccc3)(c3ccccc3)c3ccccc3)ccc21. The molecule has 0 saturated carbocycles.